The fourth-order valence-electron chi connectivity index (χ4n) is 8.64. The molecule has 0 radical (unpaired) electrons. The monoisotopic (exact) mass is 930 g/mol. The van der Waals surface area contributed by atoms with Gasteiger partial charge < -0.3 is 65.7 Å². The SMILES string of the molecule is CC[C@@]1(OC(=O)[C@H](CC(C)C)NC(O)[C@H](CCCN=C(N)N)NC(=S)Nc2ccc(O[C@H]3O[C@@H](C)[C@@H](O)[C@@H](OC)[C@@H]3O)cc2)C(=O)OCc2c1cc1n(c2=O)Cc2cc3ccccc3nc2-1. The highest BCUT2D eigenvalue weighted by Crippen LogP contribution is 2.41. The van der Waals surface area contributed by atoms with Gasteiger partial charge in [0, 0.05) is 35.9 Å². The molecule has 1 saturated heterocycles. The number of benzene rings is 2. The predicted octanol–water partition coefficient (Wildman–Crippen LogP) is 2.22. The van der Waals surface area contributed by atoms with Gasteiger partial charge in [-0.3, -0.25) is 19.9 Å². The second-order valence-corrected chi connectivity index (χ2v) is 17.6. The molecule has 0 saturated carbocycles. The number of thiocarbonyl (C=S) groups is 1. The van der Waals surface area contributed by atoms with Crippen molar-refractivity contribution in [2.75, 3.05) is 19.0 Å². The molecule has 66 heavy (non-hydrogen) atoms. The number of aromatic nitrogens is 2. The quantitative estimate of drug-likeness (QED) is 0.0166. The zero-order valence-corrected chi connectivity index (χ0v) is 38.2. The summed E-state index contributed by atoms with van der Waals surface area (Å²) in [4.78, 5) is 51.4. The number of cyclic esters (lactones) is 1. The number of ether oxygens (including phenoxy) is 5. The van der Waals surface area contributed by atoms with Crippen molar-refractivity contribution < 1.29 is 48.6 Å². The van der Waals surface area contributed by atoms with Crippen LogP contribution >= 0.6 is 12.2 Å². The van der Waals surface area contributed by atoms with Gasteiger partial charge in [0.25, 0.3) is 5.56 Å². The van der Waals surface area contributed by atoms with E-state index < -0.39 is 66.6 Å². The van der Waals surface area contributed by atoms with Crippen LogP contribution in [0.1, 0.15) is 70.1 Å². The van der Waals surface area contributed by atoms with Crippen molar-refractivity contribution in [2.45, 2.75) is 121 Å². The fraction of sp³-hybridized carbons (Fsp3) is 0.478. The van der Waals surface area contributed by atoms with Gasteiger partial charge in [-0.2, -0.15) is 0 Å². The van der Waals surface area contributed by atoms with Crippen molar-refractivity contribution in [3.63, 3.8) is 0 Å². The Morgan fingerprint density at radius 3 is 2.55 bits per heavy atom. The number of rotatable bonds is 17. The summed E-state index contributed by atoms with van der Waals surface area (Å²) >= 11 is 5.67. The number of nitrogens with two attached hydrogens (primary N) is 2. The molecule has 1 fully saturated rings. The van der Waals surface area contributed by atoms with E-state index in [1.54, 1.807) is 48.7 Å². The number of hydrogen-bond donors (Lipinski definition) is 8. The highest BCUT2D eigenvalue weighted by atomic mass is 32.1. The van der Waals surface area contributed by atoms with E-state index in [2.05, 4.69) is 20.9 Å². The van der Waals surface area contributed by atoms with Crippen LogP contribution < -0.4 is 37.7 Å². The maximum absolute atomic E-state index is 14.5. The Kier molecular flexibility index (Phi) is 14.9. The molecule has 5 heterocycles. The van der Waals surface area contributed by atoms with Crippen LogP contribution in [0.2, 0.25) is 0 Å². The van der Waals surface area contributed by atoms with Gasteiger partial charge in [0.15, 0.2) is 11.1 Å². The summed E-state index contributed by atoms with van der Waals surface area (Å²) in [5, 5.41) is 43.1. The zero-order valence-electron chi connectivity index (χ0n) is 37.4. The largest absolute Gasteiger partial charge is 0.462 e. The van der Waals surface area contributed by atoms with Gasteiger partial charge in [0.2, 0.25) is 11.9 Å². The maximum atomic E-state index is 14.5. The highest BCUT2D eigenvalue weighted by Gasteiger charge is 2.51. The van der Waals surface area contributed by atoms with Crippen LogP contribution in [0.5, 0.6) is 5.75 Å². The lowest BCUT2D eigenvalue weighted by Crippen LogP contribution is -2.59. The molecule has 1 unspecified atom stereocenters. The topological polar surface area (TPSA) is 276 Å². The van der Waals surface area contributed by atoms with Gasteiger partial charge in [-0.05, 0) is 93.2 Å². The predicted molar refractivity (Wildman–Crippen MR) is 248 cm³/mol. The molecule has 9 atom stereocenters. The molecule has 0 bridgehead atoms. The lowest BCUT2D eigenvalue weighted by atomic mass is 9.85. The smallest absolute Gasteiger partial charge is 0.355 e. The molecule has 0 spiro atoms. The number of methoxy groups -OCH3 is 1. The van der Waals surface area contributed by atoms with Crippen LogP contribution in [-0.2, 0) is 47.3 Å². The van der Waals surface area contributed by atoms with E-state index in [4.69, 9.17) is 52.4 Å². The Hall–Kier alpha value is -5.74. The van der Waals surface area contributed by atoms with Crippen molar-refractivity contribution in [3.8, 4) is 17.1 Å². The first kappa shape index (κ1) is 48.2. The van der Waals surface area contributed by atoms with E-state index in [0.717, 1.165) is 16.5 Å². The van der Waals surface area contributed by atoms with E-state index >= 15 is 0 Å². The third-order valence-corrected chi connectivity index (χ3v) is 12.3. The standard InChI is InChI=1S/C46H58N8O11S/c1-6-46(30-20-34-35-26(19-25-10-7-8-11-31(25)51-35)21-54(34)40(58)29(30)22-62-43(46)60)65-41(59)33(18-23(2)3)52-39(57)32(12-9-17-49-44(47)48)53-45(66)50-27-13-15-28(16-14-27)64-42-37(56)38(61-5)36(55)24(4)63-42/h7-8,10-11,13-16,19-20,23-24,32-33,36-39,42,52,55-57H,6,9,12,17-18,21-22H2,1-5H3,(H4,47,48,49)(H2,50,53,66)/t24-,32-,33-,36+,37-,38+,39?,42+,46-/m0/s1. The number of aliphatic hydroxyl groups excluding tert-OH is 3. The summed E-state index contributed by atoms with van der Waals surface area (Å²) in [5.74, 6) is -1.45. The molecule has 354 valence electrons. The first-order chi connectivity index (χ1) is 31.5. The molecule has 20 heteroatoms. The van der Waals surface area contributed by atoms with Crippen LogP contribution in [0, 0.1) is 5.92 Å². The van der Waals surface area contributed by atoms with E-state index in [1.807, 2.05) is 44.2 Å². The molecule has 19 nitrogen and oxygen atoms in total. The number of nitrogens with zero attached hydrogens (tertiary/aromatic N) is 3. The first-order valence-corrected chi connectivity index (χ1v) is 22.4. The maximum Gasteiger partial charge on any atom is 0.355 e. The van der Waals surface area contributed by atoms with Gasteiger partial charge in [0.05, 0.1) is 41.2 Å². The minimum Gasteiger partial charge on any atom is -0.462 e. The molecule has 0 aliphatic carbocycles. The average Bonchev–Trinajstić information content (AvgIpc) is 3.64. The highest BCUT2D eigenvalue weighted by molar-refractivity contribution is 7.80. The van der Waals surface area contributed by atoms with Crippen molar-refractivity contribution in [1.82, 2.24) is 20.2 Å². The number of carbonyl (C=O) groups excluding carboxylic acids is 2. The van der Waals surface area contributed by atoms with Crippen LogP contribution in [-0.4, -0.2) is 111 Å². The number of nitrogens with one attached hydrogen (secondary N) is 3. The van der Waals surface area contributed by atoms with Crippen LogP contribution in [0.3, 0.4) is 0 Å². The van der Waals surface area contributed by atoms with Gasteiger partial charge in [-0.25, -0.2) is 9.78 Å². The Balaban J connectivity index is 1.08. The number of esters is 2. The molecule has 0 amide bonds. The number of para-hydroxylation sites is 1. The molecular formula is C46H58N8O11S. The number of fused-ring (bicyclic) bond motifs is 5. The van der Waals surface area contributed by atoms with Crippen molar-refractivity contribution in [3.05, 3.63) is 87.7 Å². The Bertz CT molecular complexity index is 2520. The number of carbonyl (C=O) groups is 2. The normalized spacial score (nSPS) is 23.4. The summed E-state index contributed by atoms with van der Waals surface area (Å²) in [6, 6.07) is 16.0. The number of pyridine rings is 2. The molecule has 3 aliphatic rings. The zero-order chi connectivity index (χ0) is 47.4. The van der Waals surface area contributed by atoms with Gasteiger partial charge in [-0.1, -0.05) is 39.0 Å². The molecule has 2 aromatic carbocycles. The Morgan fingerprint density at radius 2 is 1.85 bits per heavy atom. The minimum atomic E-state index is -1.97. The van der Waals surface area contributed by atoms with E-state index in [1.165, 1.54) is 7.11 Å². The van der Waals surface area contributed by atoms with Gasteiger partial charge >= 0.3 is 11.9 Å². The van der Waals surface area contributed by atoms with Crippen LogP contribution in [0.15, 0.2) is 70.5 Å². The van der Waals surface area contributed by atoms with Gasteiger partial charge in [-0.15, -0.1) is 0 Å². The summed E-state index contributed by atoms with van der Waals surface area (Å²) in [5.41, 5.74) is 12.5. The molecule has 4 aromatic rings. The Morgan fingerprint density at radius 1 is 1.11 bits per heavy atom. The first-order valence-electron chi connectivity index (χ1n) is 22.0. The lowest BCUT2D eigenvalue weighted by molar-refractivity contribution is -0.272. The Labute approximate surface area is 386 Å². The number of hydrogen-bond acceptors (Lipinski definition) is 15. The van der Waals surface area contributed by atoms with Crippen molar-refractivity contribution in [1.29, 1.82) is 0 Å². The third-order valence-electron chi connectivity index (χ3n) is 12.1. The van der Waals surface area contributed by atoms with Crippen LogP contribution in [0.25, 0.3) is 22.3 Å². The number of aliphatic hydroxyl groups is 3. The van der Waals surface area contributed by atoms with Gasteiger partial charge in [0.1, 0.15) is 42.9 Å². The molecule has 2 aromatic heterocycles. The number of anilines is 1. The van der Waals surface area contributed by atoms with Crippen molar-refractivity contribution >= 4 is 51.8 Å². The molecule has 7 rings (SSSR count). The van der Waals surface area contributed by atoms with Crippen molar-refractivity contribution in [2.24, 2.45) is 22.4 Å². The number of guanidine groups is 1. The third kappa shape index (κ3) is 10.1. The minimum absolute atomic E-state index is 0.0433. The lowest BCUT2D eigenvalue weighted by Gasteiger charge is -2.40. The fourth-order valence-corrected chi connectivity index (χ4v) is 8.91. The second-order valence-electron chi connectivity index (χ2n) is 17.2. The van der Waals surface area contributed by atoms with E-state index in [0.29, 0.717) is 29.2 Å². The van der Waals surface area contributed by atoms with E-state index in [9.17, 15) is 29.7 Å². The van der Waals surface area contributed by atoms with E-state index in [-0.39, 0.29) is 72.6 Å². The number of aliphatic imine (C=N–C) groups is 1. The summed E-state index contributed by atoms with van der Waals surface area (Å²) in [6.45, 7) is 7.37. The molecule has 10 N–H and O–H groups in total. The summed E-state index contributed by atoms with van der Waals surface area (Å²) < 4.78 is 30.2. The molecule has 3 aliphatic heterocycles. The summed E-state index contributed by atoms with van der Waals surface area (Å²) in [7, 11) is 1.39. The molecular weight excluding hydrogens is 873 g/mol. The summed E-state index contributed by atoms with van der Waals surface area (Å²) in [6.07, 6.45) is -5.51. The second kappa shape index (κ2) is 20.4. The average molecular weight is 931 g/mol. The van der Waals surface area contributed by atoms with Crippen LogP contribution in [0.4, 0.5) is 5.69 Å².